The van der Waals surface area contributed by atoms with Gasteiger partial charge in [0.1, 0.15) is 0 Å². The fourth-order valence-electron chi connectivity index (χ4n) is 2.91. The zero-order valence-electron chi connectivity index (χ0n) is 13.4. The van der Waals surface area contributed by atoms with Crippen molar-refractivity contribution in [2.24, 2.45) is 5.73 Å². The van der Waals surface area contributed by atoms with Gasteiger partial charge in [-0.25, -0.2) is 0 Å². The summed E-state index contributed by atoms with van der Waals surface area (Å²) < 4.78 is 0. The van der Waals surface area contributed by atoms with Crippen LogP contribution >= 0.6 is 0 Å². The van der Waals surface area contributed by atoms with Crippen molar-refractivity contribution in [1.82, 2.24) is 10.2 Å². The van der Waals surface area contributed by atoms with E-state index in [1.165, 1.54) is 25.7 Å². The van der Waals surface area contributed by atoms with Crippen molar-refractivity contribution in [3.05, 3.63) is 0 Å². The second kappa shape index (κ2) is 10.6. The summed E-state index contributed by atoms with van der Waals surface area (Å²) in [5.41, 5.74) is 5.30. The van der Waals surface area contributed by atoms with E-state index in [-0.39, 0.29) is 18.5 Å². The second-order valence-corrected chi connectivity index (χ2v) is 5.99. The molecular weight excluding hydrogens is 266 g/mol. The molecule has 0 saturated carbocycles. The minimum absolute atomic E-state index is 0.0688. The Kier molecular flexibility index (Phi) is 9.06. The average Bonchev–Trinajstić information content (AvgIpc) is 2.49. The van der Waals surface area contributed by atoms with Crippen molar-refractivity contribution in [3.63, 3.8) is 0 Å². The van der Waals surface area contributed by atoms with Gasteiger partial charge >= 0.3 is 0 Å². The van der Waals surface area contributed by atoms with Crippen LogP contribution in [0, 0.1) is 0 Å². The number of piperidine rings is 1. The molecule has 0 atom stereocenters. The summed E-state index contributed by atoms with van der Waals surface area (Å²) in [6.45, 7) is 4.08. The molecule has 0 bridgehead atoms. The van der Waals surface area contributed by atoms with Gasteiger partial charge in [-0.05, 0) is 32.4 Å². The maximum Gasteiger partial charge on any atom is 0.237 e. The Hall–Kier alpha value is -1.10. The highest BCUT2D eigenvalue weighted by Gasteiger charge is 2.25. The van der Waals surface area contributed by atoms with Gasteiger partial charge < -0.3 is 16.0 Å². The molecule has 5 nitrogen and oxygen atoms in total. The molecule has 2 amide bonds. The first-order valence-electron chi connectivity index (χ1n) is 8.43. The SMILES string of the molecule is CCCCCCCCC(=O)N(CC(N)=O)C1CCNCC1. The van der Waals surface area contributed by atoms with E-state index in [1.54, 1.807) is 4.90 Å². The molecule has 1 aliphatic rings. The minimum Gasteiger partial charge on any atom is -0.368 e. The van der Waals surface area contributed by atoms with Crippen LogP contribution in [-0.2, 0) is 9.59 Å². The Balaban J connectivity index is 2.34. The van der Waals surface area contributed by atoms with Crippen LogP contribution < -0.4 is 11.1 Å². The first-order chi connectivity index (χ1) is 10.1. The van der Waals surface area contributed by atoms with Crippen LogP contribution in [0.3, 0.4) is 0 Å². The second-order valence-electron chi connectivity index (χ2n) is 5.99. The largest absolute Gasteiger partial charge is 0.368 e. The summed E-state index contributed by atoms with van der Waals surface area (Å²) in [5.74, 6) is -0.319. The van der Waals surface area contributed by atoms with Crippen LogP contribution in [0.15, 0.2) is 0 Å². The Bertz CT molecular complexity index is 315. The lowest BCUT2D eigenvalue weighted by molar-refractivity contribution is -0.138. The molecule has 0 aliphatic carbocycles. The standard InChI is InChI=1S/C16H31N3O2/c1-2-3-4-5-6-7-8-16(21)19(13-15(17)20)14-9-11-18-12-10-14/h14,18H,2-13H2,1H3,(H2,17,20). The van der Waals surface area contributed by atoms with Crippen molar-refractivity contribution in [2.45, 2.75) is 70.8 Å². The Morgan fingerprint density at radius 3 is 2.33 bits per heavy atom. The number of unbranched alkanes of at least 4 members (excludes halogenated alkanes) is 5. The van der Waals surface area contributed by atoms with Crippen LogP contribution in [0.1, 0.15) is 64.7 Å². The van der Waals surface area contributed by atoms with Crippen molar-refractivity contribution in [1.29, 1.82) is 0 Å². The number of carbonyl (C=O) groups is 2. The fraction of sp³-hybridized carbons (Fsp3) is 0.875. The molecule has 1 rings (SSSR count). The van der Waals surface area contributed by atoms with E-state index >= 15 is 0 Å². The van der Waals surface area contributed by atoms with Gasteiger partial charge in [0.15, 0.2) is 0 Å². The van der Waals surface area contributed by atoms with Gasteiger partial charge in [0.05, 0.1) is 6.54 Å². The molecule has 0 aromatic heterocycles. The van der Waals surface area contributed by atoms with Crippen LogP contribution in [0.25, 0.3) is 0 Å². The molecule has 0 radical (unpaired) electrons. The average molecular weight is 297 g/mol. The van der Waals surface area contributed by atoms with E-state index in [9.17, 15) is 9.59 Å². The van der Waals surface area contributed by atoms with Crippen molar-refractivity contribution in [2.75, 3.05) is 19.6 Å². The zero-order valence-corrected chi connectivity index (χ0v) is 13.4. The van der Waals surface area contributed by atoms with Gasteiger partial charge in [-0.1, -0.05) is 39.0 Å². The van der Waals surface area contributed by atoms with Gasteiger partial charge in [-0.3, -0.25) is 9.59 Å². The smallest absolute Gasteiger partial charge is 0.237 e. The predicted octanol–water partition coefficient (Wildman–Crippen LogP) is 1.80. The van der Waals surface area contributed by atoms with Gasteiger partial charge in [0.2, 0.25) is 11.8 Å². The van der Waals surface area contributed by atoms with E-state index in [0.717, 1.165) is 38.8 Å². The number of primary amides is 1. The van der Waals surface area contributed by atoms with Gasteiger partial charge in [0, 0.05) is 12.5 Å². The predicted molar refractivity (Wildman–Crippen MR) is 84.8 cm³/mol. The Labute approximate surface area is 128 Å². The number of nitrogens with zero attached hydrogens (tertiary/aromatic N) is 1. The molecule has 0 spiro atoms. The number of carbonyl (C=O) groups excluding carboxylic acids is 2. The number of amides is 2. The number of nitrogens with two attached hydrogens (primary N) is 1. The number of nitrogens with one attached hydrogen (secondary N) is 1. The van der Waals surface area contributed by atoms with Gasteiger partial charge in [0.25, 0.3) is 0 Å². The molecule has 1 heterocycles. The molecule has 21 heavy (non-hydrogen) atoms. The molecule has 1 saturated heterocycles. The summed E-state index contributed by atoms with van der Waals surface area (Å²) in [6, 6.07) is 0.173. The van der Waals surface area contributed by atoms with Crippen molar-refractivity contribution < 1.29 is 9.59 Å². The first-order valence-corrected chi connectivity index (χ1v) is 8.43. The van der Waals surface area contributed by atoms with E-state index in [4.69, 9.17) is 5.73 Å². The summed E-state index contributed by atoms with van der Waals surface area (Å²) >= 11 is 0. The summed E-state index contributed by atoms with van der Waals surface area (Å²) in [5, 5.41) is 3.28. The highest BCUT2D eigenvalue weighted by Crippen LogP contribution is 2.15. The van der Waals surface area contributed by atoms with E-state index in [0.29, 0.717) is 6.42 Å². The monoisotopic (exact) mass is 297 g/mol. The third kappa shape index (κ3) is 7.46. The van der Waals surface area contributed by atoms with Gasteiger partial charge in [-0.15, -0.1) is 0 Å². The third-order valence-corrected chi connectivity index (χ3v) is 4.14. The molecule has 1 fully saturated rings. The maximum atomic E-state index is 12.4. The molecule has 0 unspecified atom stereocenters. The van der Waals surface area contributed by atoms with Gasteiger partial charge in [-0.2, -0.15) is 0 Å². The molecule has 3 N–H and O–H groups in total. The lowest BCUT2D eigenvalue weighted by atomic mass is 10.0. The van der Waals surface area contributed by atoms with Crippen LogP contribution in [0.5, 0.6) is 0 Å². The van der Waals surface area contributed by atoms with E-state index in [1.807, 2.05) is 0 Å². The number of rotatable bonds is 10. The normalized spacial score (nSPS) is 15.9. The zero-order chi connectivity index (χ0) is 15.5. The lowest BCUT2D eigenvalue weighted by Crippen LogP contribution is -2.49. The topological polar surface area (TPSA) is 75.4 Å². The number of hydrogen-bond donors (Lipinski definition) is 2. The highest BCUT2D eigenvalue weighted by atomic mass is 16.2. The number of hydrogen-bond acceptors (Lipinski definition) is 3. The van der Waals surface area contributed by atoms with Crippen molar-refractivity contribution in [3.8, 4) is 0 Å². The summed E-state index contributed by atoms with van der Waals surface area (Å²) in [7, 11) is 0. The fourth-order valence-corrected chi connectivity index (χ4v) is 2.91. The quantitative estimate of drug-likeness (QED) is 0.604. The molecule has 0 aromatic carbocycles. The Morgan fingerprint density at radius 2 is 1.71 bits per heavy atom. The van der Waals surface area contributed by atoms with E-state index in [2.05, 4.69) is 12.2 Å². The maximum absolute atomic E-state index is 12.4. The third-order valence-electron chi connectivity index (χ3n) is 4.14. The molecule has 0 aromatic rings. The first kappa shape index (κ1) is 18.0. The molecule has 122 valence electrons. The summed E-state index contributed by atoms with van der Waals surface area (Å²) in [4.78, 5) is 25.3. The summed E-state index contributed by atoms with van der Waals surface area (Å²) in [6.07, 6.45) is 9.35. The Morgan fingerprint density at radius 1 is 1.10 bits per heavy atom. The van der Waals surface area contributed by atoms with Crippen LogP contribution in [0.2, 0.25) is 0 Å². The highest BCUT2D eigenvalue weighted by molar-refractivity contribution is 5.84. The molecule has 1 aliphatic heterocycles. The van der Waals surface area contributed by atoms with E-state index < -0.39 is 5.91 Å². The molecular formula is C16H31N3O2. The minimum atomic E-state index is -0.412. The van der Waals surface area contributed by atoms with Crippen LogP contribution in [0.4, 0.5) is 0 Å². The van der Waals surface area contributed by atoms with Crippen molar-refractivity contribution >= 4 is 11.8 Å². The molecule has 5 heteroatoms. The van der Waals surface area contributed by atoms with Crippen LogP contribution in [-0.4, -0.2) is 42.4 Å². The lowest BCUT2D eigenvalue weighted by Gasteiger charge is -2.34.